The summed E-state index contributed by atoms with van der Waals surface area (Å²) in [5, 5.41) is 19.1. The molecule has 0 spiro atoms. The molecule has 0 radical (unpaired) electrons. The number of aliphatic hydroxyl groups excluding tert-OH is 1. The van der Waals surface area contributed by atoms with Crippen LogP contribution in [0.2, 0.25) is 0 Å². The number of imidazole rings is 3. The maximum Gasteiger partial charge on any atom is 0.695 e. The van der Waals surface area contributed by atoms with Gasteiger partial charge in [0.1, 0.15) is 36.5 Å². The van der Waals surface area contributed by atoms with E-state index in [1.165, 1.54) is 40.6 Å². The van der Waals surface area contributed by atoms with Crippen LogP contribution in [0.4, 0.5) is 8.78 Å². The summed E-state index contributed by atoms with van der Waals surface area (Å²) in [7, 11) is -8.25. The lowest BCUT2D eigenvalue weighted by Crippen LogP contribution is -2.35. The summed E-state index contributed by atoms with van der Waals surface area (Å²) in [6.07, 6.45) is -5.54. The maximum absolute atomic E-state index is 16.1. The second-order valence-corrected chi connectivity index (χ2v) is 13.4. The van der Waals surface area contributed by atoms with Crippen molar-refractivity contribution in [1.29, 1.82) is 5.26 Å². The lowest BCUT2D eigenvalue weighted by atomic mass is 10.1. The van der Waals surface area contributed by atoms with Gasteiger partial charge in [-0.15, -0.1) is 9.42 Å². The van der Waals surface area contributed by atoms with Gasteiger partial charge in [0.15, 0.2) is 53.4 Å². The SMILES string of the molecule is Cc1ncnc2c1ncn2[C@@H]1O[C@H](CO)[C@@H](OP(=O)(OCCC#N)OC[C@H]2O[C@@H](n3cnc4c3ncn3ccnc43)[C@H](F)[C@@H]2O[P+](=O)O)[C@H]1F. The summed E-state index contributed by atoms with van der Waals surface area (Å²) < 4.78 is 94.7. The molecule has 50 heavy (non-hydrogen) atoms. The van der Waals surface area contributed by atoms with Crippen molar-refractivity contribution >= 4 is 44.1 Å². The van der Waals surface area contributed by atoms with Gasteiger partial charge in [-0.25, -0.2) is 43.2 Å². The van der Waals surface area contributed by atoms with E-state index >= 15 is 8.78 Å². The van der Waals surface area contributed by atoms with Crippen LogP contribution in [0.25, 0.3) is 28.0 Å². The zero-order chi connectivity index (χ0) is 35.2. The Labute approximate surface area is 280 Å². The molecular formula is C26H27F2N10O10P2+. The number of alkyl halides is 2. The van der Waals surface area contributed by atoms with Crippen LogP contribution in [0.3, 0.4) is 0 Å². The lowest BCUT2D eigenvalue weighted by Gasteiger charge is -2.25. The maximum atomic E-state index is 16.1. The van der Waals surface area contributed by atoms with Crippen LogP contribution in [0.1, 0.15) is 24.6 Å². The highest BCUT2D eigenvalue weighted by Gasteiger charge is 2.54. The normalized spacial score (nSPS) is 28.4. The number of nitriles is 1. The van der Waals surface area contributed by atoms with Crippen LogP contribution < -0.4 is 0 Å². The molecule has 0 aromatic carbocycles. The molecule has 20 nitrogen and oxygen atoms in total. The van der Waals surface area contributed by atoms with Crippen molar-refractivity contribution in [2.45, 2.75) is 62.6 Å². The second kappa shape index (κ2) is 14.0. The number of hydrogen-bond donors (Lipinski definition) is 2. The van der Waals surface area contributed by atoms with Gasteiger partial charge >= 0.3 is 16.1 Å². The molecule has 2 saturated heterocycles. The summed E-state index contributed by atoms with van der Waals surface area (Å²) in [5.41, 5.74) is 2.03. The molecule has 7 rings (SSSR count). The Kier molecular flexibility index (Phi) is 9.62. The van der Waals surface area contributed by atoms with E-state index in [1.807, 2.05) is 0 Å². The fraction of sp³-hybridized carbons (Fsp3) is 0.500. The van der Waals surface area contributed by atoms with Gasteiger partial charge in [0.05, 0.1) is 50.7 Å². The molecule has 2 aliphatic heterocycles. The molecule has 24 heteroatoms. The molecule has 7 heterocycles. The minimum atomic E-state index is -4.89. The van der Waals surface area contributed by atoms with Crippen molar-refractivity contribution in [3.63, 3.8) is 0 Å². The van der Waals surface area contributed by atoms with Crippen molar-refractivity contribution in [1.82, 2.24) is 43.4 Å². The van der Waals surface area contributed by atoms with Gasteiger partial charge in [0, 0.05) is 17.0 Å². The summed E-state index contributed by atoms with van der Waals surface area (Å²) in [6, 6.07) is 1.79. The van der Waals surface area contributed by atoms with Gasteiger partial charge in [-0.3, -0.25) is 27.1 Å². The molecule has 10 atom stereocenters. The van der Waals surface area contributed by atoms with E-state index < -0.39 is 85.1 Å². The average Bonchev–Trinajstić information content (AvgIpc) is 3.92. The quantitative estimate of drug-likeness (QED) is 0.130. The number of ether oxygens (including phenoxy) is 2. The second-order valence-electron chi connectivity index (χ2n) is 11.1. The molecule has 2 unspecified atom stereocenters. The molecule has 2 fully saturated rings. The van der Waals surface area contributed by atoms with Crippen LogP contribution in [-0.4, -0.2) is 110 Å². The first-order valence-corrected chi connectivity index (χ1v) is 17.5. The standard InChI is InChI=1S/C26H26F2N10O10P2/c1-13-18-23(32-9-31-13)37(11-33-18)26-17(28)21(14(7-39)45-26)48-50(42,43-6-2-3-29)44-8-15-20(47-49(40)41)16(27)25(46-15)38-12-34-19-22-30-4-5-36(22)10-35-24(19)38/h4-5,9-12,14-17,20-21,25-26,39H,2,6-8H2,1H3/p+1/t14-,15-,16-,17-,20-,21-,25-,26-,50?/m1/s1. The predicted octanol–water partition coefficient (Wildman–Crippen LogP) is 2.17. The number of nitrogens with zero attached hydrogens (tertiary/aromatic N) is 10. The van der Waals surface area contributed by atoms with Crippen LogP contribution in [0.15, 0.2) is 37.7 Å². The van der Waals surface area contributed by atoms with Crippen molar-refractivity contribution in [3.05, 3.63) is 43.4 Å². The van der Waals surface area contributed by atoms with E-state index in [-0.39, 0.29) is 17.7 Å². The smallest absolute Gasteiger partial charge is 0.394 e. The molecule has 264 valence electrons. The minimum Gasteiger partial charge on any atom is -0.394 e. The highest BCUT2D eigenvalue weighted by molar-refractivity contribution is 7.48. The highest BCUT2D eigenvalue weighted by Crippen LogP contribution is 2.54. The number of hydrogen-bond acceptors (Lipinski definition) is 16. The Balaban J connectivity index is 1.13. The summed E-state index contributed by atoms with van der Waals surface area (Å²) in [5.74, 6) is 0. The number of aryl methyl sites for hydroxylation is 1. The van der Waals surface area contributed by atoms with Gasteiger partial charge in [-0.05, 0) is 6.92 Å². The van der Waals surface area contributed by atoms with Crippen molar-refractivity contribution in [2.75, 3.05) is 19.8 Å². The first-order chi connectivity index (χ1) is 24.1. The Morgan fingerprint density at radius 1 is 0.960 bits per heavy atom. The fourth-order valence-electron chi connectivity index (χ4n) is 5.78. The summed E-state index contributed by atoms with van der Waals surface area (Å²) in [4.78, 5) is 34.7. The molecule has 2 aliphatic rings. The largest absolute Gasteiger partial charge is 0.695 e. The van der Waals surface area contributed by atoms with Crippen LogP contribution in [0, 0.1) is 18.3 Å². The minimum absolute atomic E-state index is 0.172. The molecule has 2 N–H and O–H groups in total. The summed E-state index contributed by atoms with van der Waals surface area (Å²) in [6.45, 7) is -0.430. The van der Waals surface area contributed by atoms with Gasteiger partial charge in [-0.1, -0.05) is 0 Å². The van der Waals surface area contributed by atoms with E-state index in [2.05, 4.69) is 29.9 Å². The molecule has 0 aliphatic carbocycles. The Morgan fingerprint density at radius 3 is 2.38 bits per heavy atom. The number of rotatable bonds is 13. The van der Waals surface area contributed by atoms with E-state index in [1.54, 1.807) is 23.6 Å². The number of phosphoric acid groups is 1. The van der Waals surface area contributed by atoms with Crippen molar-refractivity contribution in [3.8, 4) is 6.07 Å². The molecule has 5 aromatic heterocycles. The fourth-order valence-corrected chi connectivity index (χ4v) is 7.63. The predicted molar refractivity (Wildman–Crippen MR) is 160 cm³/mol. The van der Waals surface area contributed by atoms with E-state index in [0.717, 1.165) is 0 Å². The lowest BCUT2D eigenvalue weighted by molar-refractivity contribution is -0.0575. The number of aliphatic hydroxyl groups is 1. The first kappa shape index (κ1) is 34.4. The van der Waals surface area contributed by atoms with E-state index in [0.29, 0.717) is 22.4 Å². The summed E-state index contributed by atoms with van der Waals surface area (Å²) >= 11 is 0. The molecule has 5 aromatic rings. The number of halogens is 2. The molecule has 0 amide bonds. The van der Waals surface area contributed by atoms with Crippen molar-refractivity contribution < 1.29 is 55.5 Å². The van der Waals surface area contributed by atoms with Gasteiger partial charge in [0.2, 0.25) is 0 Å². The third-order valence-corrected chi connectivity index (χ3v) is 9.97. The Bertz CT molecular complexity index is 2130. The van der Waals surface area contributed by atoms with Gasteiger partial charge in [-0.2, -0.15) is 5.26 Å². The topological polar surface area (TPSA) is 245 Å². The molecule has 0 bridgehead atoms. The Morgan fingerprint density at radius 2 is 1.66 bits per heavy atom. The zero-order valence-corrected chi connectivity index (χ0v) is 27.5. The number of phosphoric ester groups is 1. The monoisotopic (exact) mass is 739 g/mol. The zero-order valence-electron chi connectivity index (χ0n) is 25.7. The number of fused-ring (bicyclic) bond motifs is 4. The highest BCUT2D eigenvalue weighted by atomic mass is 31.2. The third kappa shape index (κ3) is 6.26. The van der Waals surface area contributed by atoms with Crippen molar-refractivity contribution in [2.24, 2.45) is 0 Å². The molecular weight excluding hydrogens is 712 g/mol. The third-order valence-electron chi connectivity index (χ3n) is 8.08. The van der Waals surface area contributed by atoms with E-state index in [4.69, 9.17) is 32.8 Å². The Hall–Kier alpha value is -4.00. The molecule has 0 saturated carbocycles. The number of aromatic nitrogens is 9. The van der Waals surface area contributed by atoms with Crippen LogP contribution >= 0.6 is 16.1 Å². The van der Waals surface area contributed by atoms with Crippen LogP contribution in [-0.2, 0) is 36.7 Å². The van der Waals surface area contributed by atoms with Gasteiger partial charge < -0.3 is 14.6 Å². The van der Waals surface area contributed by atoms with E-state index in [9.17, 15) is 19.1 Å². The average molecular weight is 740 g/mol. The van der Waals surface area contributed by atoms with Gasteiger partial charge in [0.25, 0.3) is 0 Å². The van der Waals surface area contributed by atoms with Crippen LogP contribution in [0.5, 0.6) is 0 Å². The first-order valence-electron chi connectivity index (χ1n) is 14.9.